The van der Waals surface area contributed by atoms with Gasteiger partial charge in [0.25, 0.3) is 0 Å². The second-order valence-electron chi connectivity index (χ2n) is 3.78. The van der Waals surface area contributed by atoms with E-state index < -0.39 is 0 Å². The Morgan fingerprint density at radius 2 is 2.18 bits per heavy atom. The molecule has 1 aromatic heterocycles. The normalized spacial score (nSPS) is 10.3. The minimum atomic E-state index is -0.327. The maximum atomic E-state index is 12.9. The first-order valence-electron chi connectivity index (χ1n) is 5.25. The summed E-state index contributed by atoms with van der Waals surface area (Å²) >= 11 is 6.01. The van der Waals surface area contributed by atoms with Crippen molar-refractivity contribution in [1.29, 1.82) is 0 Å². The van der Waals surface area contributed by atoms with Gasteiger partial charge in [0, 0.05) is 23.5 Å². The van der Waals surface area contributed by atoms with Gasteiger partial charge in [0.15, 0.2) is 0 Å². The quantitative estimate of drug-likeness (QED) is 0.896. The summed E-state index contributed by atoms with van der Waals surface area (Å²) in [7, 11) is 0. The molecule has 0 unspecified atom stereocenters. The molecule has 0 amide bonds. The van der Waals surface area contributed by atoms with Crippen molar-refractivity contribution in [3.63, 3.8) is 0 Å². The molecule has 0 aliphatic carbocycles. The standard InChI is InChI=1S/C13H12ClFN2/c1-9-12(14)3-2-4-13(9)17-7-10-5-11(15)8-16-6-10/h2-6,8,17H,7H2,1H3. The summed E-state index contributed by atoms with van der Waals surface area (Å²) in [5.41, 5.74) is 2.73. The number of nitrogens with zero attached hydrogens (tertiary/aromatic N) is 1. The molecule has 0 atom stereocenters. The van der Waals surface area contributed by atoms with Crippen LogP contribution in [0.5, 0.6) is 0 Å². The lowest BCUT2D eigenvalue weighted by atomic mass is 10.2. The Morgan fingerprint density at radius 1 is 1.35 bits per heavy atom. The molecule has 0 bridgehead atoms. The molecule has 2 rings (SSSR count). The Morgan fingerprint density at radius 3 is 2.94 bits per heavy atom. The number of pyridine rings is 1. The SMILES string of the molecule is Cc1c(Cl)cccc1NCc1cncc(F)c1. The van der Waals surface area contributed by atoms with Crippen LogP contribution in [0.15, 0.2) is 36.7 Å². The van der Waals surface area contributed by atoms with E-state index in [-0.39, 0.29) is 5.82 Å². The molecule has 88 valence electrons. The maximum Gasteiger partial charge on any atom is 0.141 e. The summed E-state index contributed by atoms with van der Waals surface area (Å²) in [5.74, 6) is -0.327. The van der Waals surface area contributed by atoms with E-state index >= 15 is 0 Å². The molecule has 1 heterocycles. The molecule has 17 heavy (non-hydrogen) atoms. The van der Waals surface area contributed by atoms with E-state index in [9.17, 15) is 4.39 Å². The van der Waals surface area contributed by atoms with Crippen molar-refractivity contribution in [1.82, 2.24) is 4.98 Å². The first kappa shape index (κ1) is 11.9. The number of anilines is 1. The van der Waals surface area contributed by atoms with Crippen LogP contribution in [-0.2, 0) is 6.54 Å². The monoisotopic (exact) mass is 250 g/mol. The highest BCUT2D eigenvalue weighted by Crippen LogP contribution is 2.23. The molecule has 0 spiro atoms. The molecule has 2 nitrogen and oxygen atoms in total. The third-order valence-corrected chi connectivity index (χ3v) is 2.92. The summed E-state index contributed by atoms with van der Waals surface area (Å²) < 4.78 is 12.9. The zero-order valence-corrected chi connectivity index (χ0v) is 10.1. The topological polar surface area (TPSA) is 24.9 Å². The van der Waals surface area contributed by atoms with Crippen LogP contribution in [0.25, 0.3) is 0 Å². The van der Waals surface area contributed by atoms with Gasteiger partial charge in [-0.15, -0.1) is 0 Å². The van der Waals surface area contributed by atoms with Crippen LogP contribution in [-0.4, -0.2) is 4.98 Å². The lowest BCUT2D eigenvalue weighted by Gasteiger charge is -2.10. The van der Waals surface area contributed by atoms with Crippen LogP contribution in [0.1, 0.15) is 11.1 Å². The molecular weight excluding hydrogens is 239 g/mol. The van der Waals surface area contributed by atoms with Gasteiger partial charge in [0.2, 0.25) is 0 Å². The number of rotatable bonds is 3. The number of hydrogen-bond donors (Lipinski definition) is 1. The Hall–Kier alpha value is -1.61. The number of nitrogens with one attached hydrogen (secondary N) is 1. The van der Waals surface area contributed by atoms with Crippen molar-refractivity contribution in [3.05, 3.63) is 58.6 Å². The molecule has 0 saturated heterocycles. The Kier molecular flexibility index (Phi) is 3.59. The van der Waals surface area contributed by atoms with E-state index in [1.165, 1.54) is 12.3 Å². The molecule has 0 aliphatic heterocycles. The van der Waals surface area contributed by atoms with Crippen LogP contribution >= 0.6 is 11.6 Å². The number of halogens is 2. The smallest absolute Gasteiger partial charge is 0.141 e. The van der Waals surface area contributed by atoms with Crippen LogP contribution in [0.2, 0.25) is 5.02 Å². The fourth-order valence-corrected chi connectivity index (χ4v) is 1.72. The van der Waals surface area contributed by atoms with Crippen molar-refractivity contribution in [2.45, 2.75) is 13.5 Å². The molecule has 1 aromatic carbocycles. The molecular formula is C13H12ClFN2. The molecule has 0 radical (unpaired) electrons. The van der Waals surface area contributed by atoms with Crippen molar-refractivity contribution >= 4 is 17.3 Å². The number of hydrogen-bond acceptors (Lipinski definition) is 2. The lowest BCUT2D eigenvalue weighted by Crippen LogP contribution is -2.02. The number of benzene rings is 1. The van der Waals surface area contributed by atoms with Crippen molar-refractivity contribution < 1.29 is 4.39 Å². The van der Waals surface area contributed by atoms with E-state index in [4.69, 9.17) is 11.6 Å². The second-order valence-corrected chi connectivity index (χ2v) is 4.18. The summed E-state index contributed by atoms with van der Waals surface area (Å²) in [6.07, 6.45) is 2.82. The van der Waals surface area contributed by atoms with E-state index in [0.717, 1.165) is 16.8 Å². The van der Waals surface area contributed by atoms with Crippen molar-refractivity contribution in [3.8, 4) is 0 Å². The van der Waals surface area contributed by atoms with Crippen LogP contribution in [0.4, 0.5) is 10.1 Å². The van der Waals surface area contributed by atoms with Crippen molar-refractivity contribution in [2.24, 2.45) is 0 Å². The van der Waals surface area contributed by atoms with Gasteiger partial charge in [-0.25, -0.2) is 4.39 Å². The van der Waals surface area contributed by atoms with Gasteiger partial charge in [-0.05, 0) is 36.2 Å². The van der Waals surface area contributed by atoms with Gasteiger partial charge in [0.05, 0.1) is 6.20 Å². The highest BCUT2D eigenvalue weighted by atomic mass is 35.5. The van der Waals surface area contributed by atoms with E-state index in [0.29, 0.717) is 11.6 Å². The zero-order valence-electron chi connectivity index (χ0n) is 9.37. The van der Waals surface area contributed by atoms with Gasteiger partial charge in [-0.2, -0.15) is 0 Å². The Bertz CT molecular complexity index is 529. The summed E-state index contributed by atoms with van der Waals surface area (Å²) in [6.45, 7) is 2.46. The van der Waals surface area contributed by atoms with E-state index in [1.807, 2.05) is 25.1 Å². The third-order valence-electron chi connectivity index (χ3n) is 2.51. The van der Waals surface area contributed by atoms with Gasteiger partial charge >= 0.3 is 0 Å². The number of aromatic nitrogens is 1. The Balaban J connectivity index is 2.10. The predicted octanol–water partition coefficient (Wildman–Crippen LogP) is 3.79. The van der Waals surface area contributed by atoms with Crippen molar-refractivity contribution in [2.75, 3.05) is 5.32 Å². The second kappa shape index (κ2) is 5.15. The highest BCUT2D eigenvalue weighted by Gasteiger charge is 2.02. The van der Waals surface area contributed by atoms with Crippen LogP contribution < -0.4 is 5.32 Å². The first-order chi connectivity index (χ1) is 8.16. The van der Waals surface area contributed by atoms with Gasteiger partial charge < -0.3 is 5.32 Å². The average Bonchev–Trinajstić information content (AvgIpc) is 2.31. The average molecular weight is 251 g/mol. The molecule has 0 aliphatic rings. The van der Waals surface area contributed by atoms with E-state index in [2.05, 4.69) is 10.3 Å². The minimum Gasteiger partial charge on any atom is -0.381 e. The fourth-order valence-electron chi connectivity index (χ4n) is 1.55. The highest BCUT2D eigenvalue weighted by molar-refractivity contribution is 6.31. The fraction of sp³-hybridized carbons (Fsp3) is 0.154. The molecule has 2 aromatic rings. The molecule has 0 saturated carbocycles. The predicted molar refractivity (Wildman–Crippen MR) is 67.7 cm³/mol. The maximum absolute atomic E-state index is 12.9. The minimum absolute atomic E-state index is 0.327. The van der Waals surface area contributed by atoms with Gasteiger partial charge in [0.1, 0.15) is 5.82 Å². The summed E-state index contributed by atoms with van der Waals surface area (Å²) in [6, 6.07) is 7.11. The Labute approximate surface area is 104 Å². The molecule has 0 fully saturated rings. The van der Waals surface area contributed by atoms with Gasteiger partial charge in [-0.3, -0.25) is 4.98 Å². The largest absolute Gasteiger partial charge is 0.381 e. The lowest BCUT2D eigenvalue weighted by molar-refractivity contribution is 0.619. The molecule has 1 N–H and O–H groups in total. The van der Waals surface area contributed by atoms with E-state index in [1.54, 1.807) is 6.20 Å². The summed E-state index contributed by atoms with van der Waals surface area (Å²) in [5, 5.41) is 3.92. The van der Waals surface area contributed by atoms with Crippen LogP contribution in [0, 0.1) is 12.7 Å². The third kappa shape index (κ3) is 2.94. The molecule has 4 heteroatoms. The van der Waals surface area contributed by atoms with Crippen LogP contribution in [0.3, 0.4) is 0 Å². The summed E-state index contributed by atoms with van der Waals surface area (Å²) in [4.78, 5) is 3.80. The van der Waals surface area contributed by atoms with Gasteiger partial charge in [-0.1, -0.05) is 17.7 Å². The zero-order chi connectivity index (χ0) is 12.3. The first-order valence-corrected chi connectivity index (χ1v) is 5.63.